The number of benzene rings is 2. The van der Waals surface area contributed by atoms with Gasteiger partial charge in [0, 0.05) is 38.3 Å². The zero-order valence-electron chi connectivity index (χ0n) is 34.9. The van der Waals surface area contributed by atoms with Gasteiger partial charge in [-0.2, -0.15) is 0 Å². The first-order valence-corrected chi connectivity index (χ1v) is 20.2. The molecule has 2 aromatic rings. The Morgan fingerprint density at radius 1 is 0.917 bits per heavy atom. The van der Waals surface area contributed by atoms with Crippen molar-refractivity contribution in [1.82, 2.24) is 30.7 Å². The maximum atomic E-state index is 14.6. The van der Waals surface area contributed by atoms with Crippen LogP contribution in [0.2, 0.25) is 0 Å². The van der Waals surface area contributed by atoms with Gasteiger partial charge in [0.15, 0.2) is 0 Å². The van der Waals surface area contributed by atoms with E-state index < -0.39 is 108 Å². The molecule has 18 heteroatoms. The smallest absolute Gasteiger partial charge is 0.329 e. The predicted molar refractivity (Wildman–Crippen MR) is 214 cm³/mol. The number of aliphatic hydroxyl groups is 1. The van der Waals surface area contributed by atoms with Crippen LogP contribution in [0.4, 0.5) is 19.3 Å². The Labute approximate surface area is 347 Å². The van der Waals surface area contributed by atoms with Gasteiger partial charge < -0.3 is 45.8 Å². The number of cyclic esters (lactones) is 1. The van der Waals surface area contributed by atoms with Crippen molar-refractivity contribution in [1.29, 1.82) is 0 Å². The zero-order valence-corrected chi connectivity index (χ0v) is 34.9. The highest BCUT2D eigenvalue weighted by atomic mass is 19.1. The van der Waals surface area contributed by atoms with Crippen molar-refractivity contribution in [2.75, 3.05) is 25.5 Å². The number of likely N-dealkylation sites (N-methyl/N-ethyl adjacent to an activating group) is 1. The molecule has 0 aromatic heterocycles. The van der Waals surface area contributed by atoms with Gasteiger partial charge in [-0.25, -0.2) is 18.4 Å². The van der Waals surface area contributed by atoms with Gasteiger partial charge in [-0.3, -0.25) is 24.0 Å². The third kappa shape index (κ3) is 10.6. The maximum Gasteiger partial charge on any atom is 0.329 e. The van der Waals surface area contributed by atoms with E-state index in [1.54, 1.807) is 12.1 Å². The van der Waals surface area contributed by atoms with Crippen LogP contribution in [0.15, 0.2) is 42.5 Å². The average Bonchev–Trinajstić information content (AvgIpc) is 3.82. The predicted octanol–water partition coefficient (Wildman–Crippen LogP) is 2.19. The molecule has 16 nitrogen and oxygen atoms in total. The van der Waals surface area contributed by atoms with Crippen molar-refractivity contribution in [2.45, 2.75) is 122 Å². The van der Waals surface area contributed by atoms with E-state index in [0.717, 1.165) is 22.6 Å². The maximum absolute atomic E-state index is 14.6. The molecule has 0 bridgehead atoms. The number of anilines is 1. The molecule has 5 rings (SSSR count). The number of halogens is 2. The van der Waals surface area contributed by atoms with Crippen LogP contribution in [0, 0.1) is 17.6 Å². The second-order valence-corrected chi connectivity index (χ2v) is 16.4. The van der Waals surface area contributed by atoms with Gasteiger partial charge in [-0.05, 0) is 87.3 Å². The van der Waals surface area contributed by atoms with Crippen LogP contribution < -0.4 is 21.3 Å². The lowest BCUT2D eigenvalue weighted by atomic mass is 10.0. The zero-order chi connectivity index (χ0) is 44.2. The molecule has 3 saturated heterocycles. The number of nitrogens with one attached hydrogen (secondary N) is 4. The summed E-state index contributed by atoms with van der Waals surface area (Å²) in [5.74, 6) is -6.68. The fourth-order valence-electron chi connectivity index (χ4n) is 8.09. The lowest BCUT2D eigenvalue weighted by molar-refractivity contribution is -0.163. The summed E-state index contributed by atoms with van der Waals surface area (Å²) in [7, 11) is 1.30. The number of urea groups is 1. The molecule has 3 aliphatic heterocycles. The van der Waals surface area contributed by atoms with Gasteiger partial charge in [-0.1, -0.05) is 32.9 Å². The molecule has 1 unspecified atom stereocenters. The number of nitrogens with zero attached hydrogens (tertiary/aromatic N) is 3. The van der Waals surface area contributed by atoms with E-state index in [2.05, 4.69) is 21.3 Å². The number of carbonyl (C=O) groups excluding carboxylic acids is 7. The highest BCUT2D eigenvalue weighted by molar-refractivity contribution is 5.98. The number of rotatable bonds is 8. The number of ether oxygens (including phenoxy) is 1. The first kappa shape index (κ1) is 45.4. The molecule has 0 spiro atoms. The fourth-order valence-corrected chi connectivity index (χ4v) is 8.09. The van der Waals surface area contributed by atoms with E-state index in [-0.39, 0.29) is 43.3 Å². The van der Waals surface area contributed by atoms with Gasteiger partial charge in [0.25, 0.3) is 0 Å². The second-order valence-electron chi connectivity index (χ2n) is 16.4. The molecule has 7 amide bonds. The van der Waals surface area contributed by atoms with Crippen LogP contribution in [0.5, 0.6) is 0 Å². The van der Waals surface area contributed by atoms with E-state index in [1.165, 1.54) is 37.6 Å². The van der Waals surface area contributed by atoms with Gasteiger partial charge in [0.05, 0.1) is 6.10 Å². The summed E-state index contributed by atoms with van der Waals surface area (Å²) in [5, 5.41) is 21.0. The molecule has 3 heterocycles. The van der Waals surface area contributed by atoms with E-state index in [0.29, 0.717) is 18.2 Å². The Bertz CT molecular complexity index is 1940. The molecular weight excluding hydrogens is 784 g/mol. The Hall–Kier alpha value is -5.65. The van der Waals surface area contributed by atoms with Gasteiger partial charge in [0.1, 0.15) is 54.0 Å². The van der Waals surface area contributed by atoms with Crippen LogP contribution in [0.3, 0.4) is 0 Å². The number of hydrogen-bond donors (Lipinski definition) is 5. The quantitative estimate of drug-likeness (QED) is 0.247. The number of hydrogen-bond acceptors (Lipinski definition) is 9. The topological polar surface area (TPSA) is 207 Å². The molecule has 0 aliphatic carbocycles. The second kappa shape index (κ2) is 19.2. The Kier molecular flexibility index (Phi) is 14.5. The van der Waals surface area contributed by atoms with E-state index >= 15 is 0 Å². The number of fused-ring (bicyclic) bond motifs is 2. The van der Waals surface area contributed by atoms with Crippen molar-refractivity contribution >= 4 is 47.2 Å². The van der Waals surface area contributed by atoms with E-state index in [1.807, 2.05) is 32.9 Å². The first-order valence-electron chi connectivity index (χ1n) is 20.2. The number of carbonyl (C=O) groups is 7. The SMILES string of the molecule is CC(C)c1ccc(NC(=O)N[C@@H](Cc2cc(F)cc(F)c2)C(=O)N[C@@H]2C(=O)N3CCC[C@H]3C(=O)N(C)[C@@H](C(C)O)C(=O)N[C@@H](C)C(=O)N3C[C@H](C)C[C@H]3C(=O)O[C@H]2C)cc1. The largest absolute Gasteiger partial charge is 0.458 e. The summed E-state index contributed by atoms with van der Waals surface area (Å²) in [6.45, 7) is 10.1. The minimum atomic E-state index is -1.69. The lowest BCUT2D eigenvalue weighted by Gasteiger charge is -2.37. The number of esters is 1. The fraction of sp³-hybridized carbons (Fsp3) is 0.548. The van der Waals surface area contributed by atoms with Gasteiger partial charge >= 0.3 is 12.0 Å². The summed E-state index contributed by atoms with van der Waals surface area (Å²) in [6.07, 6.45) is -2.59. The minimum absolute atomic E-state index is 0.00249. The molecule has 9 atom stereocenters. The molecule has 0 radical (unpaired) electrons. The Balaban J connectivity index is 1.51. The van der Waals surface area contributed by atoms with Gasteiger partial charge in [-0.15, -0.1) is 0 Å². The van der Waals surface area contributed by atoms with Crippen LogP contribution in [0.25, 0.3) is 0 Å². The third-order valence-corrected chi connectivity index (χ3v) is 11.3. The van der Waals surface area contributed by atoms with Crippen molar-refractivity contribution in [3.8, 4) is 0 Å². The summed E-state index contributed by atoms with van der Waals surface area (Å²) < 4.78 is 34.6. The molecule has 60 heavy (non-hydrogen) atoms. The molecule has 3 fully saturated rings. The van der Waals surface area contributed by atoms with Crippen molar-refractivity contribution in [3.63, 3.8) is 0 Å². The summed E-state index contributed by atoms with van der Waals surface area (Å²) >= 11 is 0. The Morgan fingerprint density at radius 2 is 1.57 bits per heavy atom. The summed E-state index contributed by atoms with van der Waals surface area (Å²) in [5.41, 5.74) is 1.39. The minimum Gasteiger partial charge on any atom is -0.458 e. The first-order chi connectivity index (χ1) is 28.2. The molecule has 5 N–H and O–H groups in total. The highest BCUT2D eigenvalue weighted by Crippen LogP contribution is 2.28. The summed E-state index contributed by atoms with van der Waals surface area (Å²) in [6, 6.07) is 0.564. The molecule has 3 aliphatic rings. The average molecular weight is 840 g/mol. The summed E-state index contributed by atoms with van der Waals surface area (Å²) in [4.78, 5) is 101. The van der Waals surface area contributed by atoms with Crippen LogP contribution in [0.1, 0.15) is 77.8 Å². The van der Waals surface area contributed by atoms with Crippen LogP contribution >= 0.6 is 0 Å². The molecule has 2 aromatic carbocycles. The van der Waals surface area contributed by atoms with Crippen molar-refractivity contribution in [2.24, 2.45) is 5.92 Å². The van der Waals surface area contributed by atoms with Crippen LogP contribution in [-0.4, -0.2) is 130 Å². The van der Waals surface area contributed by atoms with E-state index in [4.69, 9.17) is 4.74 Å². The molecular formula is C42H55F2N7O9. The Morgan fingerprint density at radius 3 is 2.18 bits per heavy atom. The molecule has 326 valence electrons. The van der Waals surface area contributed by atoms with Gasteiger partial charge in [0.2, 0.25) is 29.5 Å². The van der Waals surface area contributed by atoms with E-state index in [9.17, 15) is 47.4 Å². The molecule has 0 saturated carbocycles. The highest BCUT2D eigenvalue weighted by Gasteiger charge is 2.47. The normalized spacial score (nSPS) is 26.6. The monoisotopic (exact) mass is 839 g/mol. The van der Waals surface area contributed by atoms with Crippen LogP contribution in [-0.2, 0) is 39.9 Å². The standard InChI is InChI=1S/C42H55F2N7O9/c1-21(2)27-10-12-30(13-11-27)46-42(59)47-31(18-26-16-28(43)19-29(44)17-26)36(53)48-34-25(6)60-41(58)33-15-22(3)20-51(33)38(55)23(4)45-37(54)35(24(5)52)49(7)39(56)32-9-8-14-50(32)40(34)57/h10-13,16-17,19,21-25,31-35,52H,8-9,14-15,18,20H2,1-7H3,(H,45,54)(H,48,53)(H2,46,47,59)/t22-,23+,24?,25+,31+,32+,33+,34+,35+/m1/s1. The lowest BCUT2D eigenvalue weighted by Crippen LogP contribution is -2.63. The number of aliphatic hydroxyl groups excluding tert-OH is 1. The van der Waals surface area contributed by atoms with Crippen molar-refractivity contribution < 1.29 is 52.2 Å². The number of amides is 7. The van der Waals surface area contributed by atoms with Crippen molar-refractivity contribution in [3.05, 3.63) is 65.2 Å². The third-order valence-electron chi connectivity index (χ3n) is 11.3.